The molecule has 0 bridgehead atoms. The van der Waals surface area contributed by atoms with Gasteiger partial charge in [0.05, 0.1) is 6.61 Å². The zero-order chi connectivity index (χ0) is 15.8. The number of nitrogens with two attached hydrogens (primary N) is 1. The van der Waals surface area contributed by atoms with Gasteiger partial charge in [0, 0.05) is 12.2 Å². The molecule has 0 amide bonds. The van der Waals surface area contributed by atoms with E-state index in [9.17, 15) is 0 Å². The Bertz CT molecular complexity index is 461. The highest BCUT2D eigenvalue weighted by molar-refractivity contribution is 5.97. The maximum absolute atomic E-state index is 8.72. The van der Waals surface area contributed by atoms with Crippen LogP contribution in [0.2, 0.25) is 0 Å². The van der Waals surface area contributed by atoms with E-state index in [2.05, 4.69) is 19.0 Å². The fraction of sp³-hybridized carbons (Fsp3) is 0.562. The van der Waals surface area contributed by atoms with E-state index in [1.54, 1.807) is 0 Å². The molecule has 0 saturated heterocycles. The van der Waals surface area contributed by atoms with Crippen molar-refractivity contribution in [3.8, 4) is 5.75 Å². The summed E-state index contributed by atoms with van der Waals surface area (Å²) < 4.78 is 11.3. The van der Waals surface area contributed by atoms with Gasteiger partial charge in [0.1, 0.15) is 12.4 Å². The topological polar surface area (TPSA) is 77.1 Å². The third-order valence-electron chi connectivity index (χ3n) is 3.18. The average molecular weight is 294 g/mol. The van der Waals surface area contributed by atoms with Crippen LogP contribution in [0.25, 0.3) is 0 Å². The van der Waals surface area contributed by atoms with E-state index < -0.39 is 0 Å². The van der Waals surface area contributed by atoms with Crippen LogP contribution in [0, 0.1) is 19.8 Å². The molecule has 1 aromatic rings. The van der Waals surface area contributed by atoms with Gasteiger partial charge in [-0.3, -0.25) is 0 Å². The first kappa shape index (κ1) is 17.3. The number of hydrogen-bond donors (Lipinski definition) is 2. The minimum atomic E-state index is 0.102. The average Bonchev–Trinajstić information content (AvgIpc) is 2.43. The minimum absolute atomic E-state index is 0.102. The first-order valence-electron chi connectivity index (χ1n) is 7.25. The molecule has 0 radical (unpaired) electrons. The third-order valence-corrected chi connectivity index (χ3v) is 3.18. The molecule has 5 heteroatoms. The molecule has 0 fully saturated rings. The Morgan fingerprint density at radius 2 is 1.81 bits per heavy atom. The molecule has 5 nitrogen and oxygen atoms in total. The number of ether oxygens (including phenoxy) is 2. The second kappa shape index (κ2) is 8.52. The normalized spacial score (nSPS) is 12.0. The van der Waals surface area contributed by atoms with Crippen LogP contribution in [0.15, 0.2) is 17.3 Å². The van der Waals surface area contributed by atoms with Crippen LogP contribution in [-0.2, 0) is 4.74 Å². The summed E-state index contributed by atoms with van der Waals surface area (Å²) >= 11 is 0. The van der Waals surface area contributed by atoms with Crippen LogP contribution in [0.5, 0.6) is 5.75 Å². The number of nitrogens with zero attached hydrogens (tertiary/aromatic N) is 1. The number of amidine groups is 1. The molecule has 0 aliphatic heterocycles. The van der Waals surface area contributed by atoms with Crippen LogP contribution in [0.1, 0.15) is 37.0 Å². The maximum atomic E-state index is 8.72. The lowest BCUT2D eigenvalue weighted by Gasteiger charge is -2.14. The number of hydrogen-bond acceptors (Lipinski definition) is 4. The maximum Gasteiger partial charge on any atom is 0.170 e. The van der Waals surface area contributed by atoms with E-state index in [0.29, 0.717) is 24.7 Å². The van der Waals surface area contributed by atoms with Crippen molar-refractivity contribution in [1.29, 1.82) is 0 Å². The van der Waals surface area contributed by atoms with E-state index in [4.69, 9.17) is 20.4 Å². The van der Waals surface area contributed by atoms with Crippen molar-refractivity contribution < 1.29 is 14.7 Å². The standard InChI is InChI=1S/C16H26N2O3/c1-11(2)5-6-20-7-8-21-15-12(3)9-14(10-13(15)4)16(17)18-19/h9-11,19H,5-8H2,1-4H3,(H2,17,18). The fourth-order valence-electron chi connectivity index (χ4n) is 2.01. The third kappa shape index (κ3) is 5.63. The summed E-state index contributed by atoms with van der Waals surface area (Å²) in [4.78, 5) is 0. The molecule has 0 aromatic heterocycles. The highest BCUT2D eigenvalue weighted by atomic mass is 16.5. The van der Waals surface area contributed by atoms with E-state index in [-0.39, 0.29) is 5.84 Å². The fourth-order valence-corrected chi connectivity index (χ4v) is 2.01. The van der Waals surface area contributed by atoms with Gasteiger partial charge < -0.3 is 20.4 Å². The zero-order valence-corrected chi connectivity index (χ0v) is 13.3. The van der Waals surface area contributed by atoms with E-state index in [0.717, 1.165) is 29.9 Å². The smallest absolute Gasteiger partial charge is 0.170 e. The molecule has 0 heterocycles. The van der Waals surface area contributed by atoms with Gasteiger partial charge in [0.15, 0.2) is 5.84 Å². The number of aryl methyl sites for hydroxylation is 2. The highest BCUT2D eigenvalue weighted by Crippen LogP contribution is 2.24. The Morgan fingerprint density at radius 3 is 2.33 bits per heavy atom. The number of benzene rings is 1. The lowest BCUT2D eigenvalue weighted by Crippen LogP contribution is -2.14. The second-order valence-corrected chi connectivity index (χ2v) is 5.57. The van der Waals surface area contributed by atoms with Crippen molar-refractivity contribution in [2.75, 3.05) is 19.8 Å². The SMILES string of the molecule is Cc1cc(C(N)=NO)cc(C)c1OCCOCCC(C)C. The molecular weight excluding hydrogens is 268 g/mol. The van der Waals surface area contributed by atoms with E-state index in [1.165, 1.54) is 0 Å². The second-order valence-electron chi connectivity index (χ2n) is 5.57. The van der Waals surface area contributed by atoms with Gasteiger partial charge in [-0.25, -0.2) is 0 Å². The van der Waals surface area contributed by atoms with Crippen molar-refractivity contribution in [2.45, 2.75) is 34.1 Å². The summed E-state index contributed by atoms with van der Waals surface area (Å²) in [5, 5.41) is 11.7. The molecule has 0 aliphatic carbocycles. The molecule has 0 atom stereocenters. The first-order valence-corrected chi connectivity index (χ1v) is 7.25. The predicted octanol–water partition coefficient (Wildman–Crippen LogP) is 2.84. The monoisotopic (exact) mass is 294 g/mol. The Balaban J connectivity index is 2.52. The van der Waals surface area contributed by atoms with Crippen LogP contribution in [0.3, 0.4) is 0 Å². The van der Waals surface area contributed by atoms with Crippen molar-refractivity contribution in [3.05, 3.63) is 28.8 Å². The highest BCUT2D eigenvalue weighted by Gasteiger charge is 2.09. The van der Waals surface area contributed by atoms with Gasteiger partial charge in [0.25, 0.3) is 0 Å². The Labute approximate surface area is 126 Å². The van der Waals surface area contributed by atoms with Crippen LogP contribution < -0.4 is 10.5 Å². The van der Waals surface area contributed by atoms with Crippen molar-refractivity contribution in [3.63, 3.8) is 0 Å². The Kier molecular flexibility index (Phi) is 7.02. The van der Waals surface area contributed by atoms with E-state index >= 15 is 0 Å². The molecule has 21 heavy (non-hydrogen) atoms. The summed E-state index contributed by atoms with van der Waals surface area (Å²) in [6.45, 7) is 10.1. The van der Waals surface area contributed by atoms with Crippen molar-refractivity contribution >= 4 is 5.84 Å². The van der Waals surface area contributed by atoms with Crippen molar-refractivity contribution in [1.82, 2.24) is 0 Å². The quantitative estimate of drug-likeness (QED) is 0.254. The molecule has 3 N–H and O–H groups in total. The molecule has 0 aliphatic rings. The summed E-state index contributed by atoms with van der Waals surface area (Å²) in [5.74, 6) is 1.59. The van der Waals surface area contributed by atoms with Gasteiger partial charge >= 0.3 is 0 Å². The molecule has 0 spiro atoms. The first-order chi connectivity index (χ1) is 9.95. The van der Waals surface area contributed by atoms with Gasteiger partial charge in [-0.05, 0) is 49.4 Å². The molecule has 0 unspecified atom stereocenters. The summed E-state index contributed by atoms with van der Waals surface area (Å²) in [6.07, 6.45) is 1.06. The van der Waals surface area contributed by atoms with Gasteiger partial charge in [-0.1, -0.05) is 19.0 Å². The summed E-state index contributed by atoms with van der Waals surface area (Å²) in [5.41, 5.74) is 8.20. The number of oxime groups is 1. The molecule has 1 aromatic carbocycles. The zero-order valence-electron chi connectivity index (χ0n) is 13.3. The predicted molar refractivity (Wildman–Crippen MR) is 84.2 cm³/mol. The number of rotatable bonds is 8. The minimum Gasteiger partial charge on any atom is -0.491 e. The van der Waals surface area contributed by atoms with Crippen LogP contribution in [0.4, 0.5) is 0 Å². The van der Waals surface area contributed by atoms with E-state index in [1.807, 2.05) is 26.0 Å². The van der Waals surface area contributed by atoms with Crippen LogP contribution in [-0.4, -0.2) is 30.9 Å². The molecule has 118 valence electrons. The van der Waals surface area contributed by atoms with Gasteiger partial charge in [-0.15, -0.1) is 0 Å². The summed E-state index contributed by atoms with van der Waals surface area (Å²) in [7, 11) is 0. The lowest BCUT2D eigenvalue weighted by atomic mass is 10.1. The van der Waals surface area contributed by atoms with Crippen molar-refractivity contribution in [2.24, 2.45) is 16.8 Å². The van der Waals surface area contributed by atoms with Crippen LogP contribution >= 0.6 is 0 Å². The van der Waals surface area contributed by atoms with Gasteiger partial charge in [0.2, 0.25) is 0 Å². The molecule has 1 rings (SSSR count). The van der Waals surface area contributed by atoms with Gasteiger partial charge in [-0.2, -0.15) is 0 Å². The molecular formula is C16H26N2O3. The largest absolute Gasteiger partial charge is 0.491 e. The summed E-state index contributed by atoms with van der Waals surface area (Å²) in [6, 6.07) is 3.69. The Morgan fingerprint density at radius 1 is 1.19 bits per heavy atom. The lowest BCUT2D eigenvalue weighted by molar-refractivity contribution is 0.0921. The molecule has 0 saturated carbocycles. The Hall–Kier alpha value is -1.75.